The molecule has 0 bridgehead atoms. The van der Waals surface area contributed by atoms with Crippen molar-refractivity contribution >= 4 is 5.82 Å². The largest absolute Gasteiger partial charge is 0.492 e. The summed E-state index contributed by atoms with van der Waals surface area (Å²) >= 11 is 0. The predicted octanol–water partition coefficient (Wildman–Crippen LogP) is 3.16. The molecule has 4 heteroatoms. The average molecular weight is 289 g/mol. The van der Waals surface area contributed by atoms with Gasteiger partial charge in [0.05, 0.1) is 12.8 Å². The highest BCUT2D eigenvalue weighted by Crippen LogP contribution is 2.22. The van der Waals surface area contributed by atoms with Crippen LogP contribution in [0.2, 0.25) is 0 Å². The van der Waals surface area contributed by atoms with E-state index in [1.807, 2.05) is 18.3 Å². The Bertz CT molecular complexity index is 428. The van der Waals surface area contributed by atoms with Gasteiger partial charge in [-0.1, -0.05) is 19.3 Å². The molecule has 1 aliphatic carbocycles. The Kier molecular flexibility index (Phi) is 4.96. The molecule has 1 atom stereocenters. The molecular weight excluding hydrogens is 262 g/mol. The highest BCUT2D eigenvalue weighted by atomic mass is 16.5. The fourth-order valence-electron chi connectivity index (χ4n) is 3.38. The molecule has 2 heterocycles. The lowest BCUT2D eigenvalue weighted by atomic mass is 9.95. The quantitative estimate of drug-likeness (QED) is 0.903. The zero-order valence-corrected chi connectivity index (χ0v) is 13.1. The zero-order valence-electron chi connectivity index (χ0n) is 13.1. The smallest absolute Gasteiger partial charge is 0.137 e. The number of aromatic nitrogens is 1. The van der Waals surface area contributed by atoms with Gasteiger partial charge in [0.2, 0.25) is 0 Å². The van der Waals surface area contributed by atoms with Crippen molar-refractivity contribution in [2.75, 3.05) is 32.1 Å². The Hall–Kier alpha value is -1.29. The molecule has 21 heavy (non-hydrogen) atoms. The minimum absolute atomic E-state index is 0.604. The van der Waals surface area contributed by atoms with Gasteiger partial charge in [-0.25, -0.2) is 4.98 Å². The number of nitrogens with one attached hydrogen (secondary N) is 1. The Balaban J connectivity index is 1.45. The first-order valence-corrected chi connectivity index (χ1v) is 8.33. The van der Waals surface area contributed by atoms with Crippen LogP contribution in [0.25, 0.3) is 0 Å². The maximum atomic E-state index is 5.87. The van der Waals surface area contributed by atoms with Crippen LogP contribution < -0.4 is 10.1 Å². The van der Waals surface area contributed by atoms with E-state index in [1.54, 1.807) is 0 Å². The van der Waals surface area contributed by atoms with Crippen LogP contribution in [0.4, 0.5) is 5.82 Å². The zero-order chi connectivity index (χ0) is 14.5. The first-order valence-electron chi connectivity index (χ1n) is 8.33. The molecule has 1 aromatic rings. The van der Waals surface area contributed by atoms with E-state index in [0.29, 0.717) is 12.0 Å². The third-order valence-electron chi connectivity index (χ3n) is 4.67. The number of hydrogen-bond acceptors (Lipinski definition) is 4. The molecule has 1 N–H and O–H groups in total. The SMILES string of the molecule is CN1CCC(COc2ccc(NC3CCCCC3)nc2)C1. The van der Waals surface area contributed by atoms with Crippen LogP contribution in [-0.4, -0.2) is 42.7 Å². The van der Waals surface area contributed by atoms with Gasteiger partial charge in [-0.2, -0.15) is 0 Å². The van der Waals surface area contributed by atoms with Gasteiger partial charge in [0.15, 0.2) is 0 Å². The standard InChI is InChI=1S/C17H27N3O/c1-20-10-9-14(12-20)13-21-16-7-8-17(18-11-16)19-15-5-3-2-4-6-15/h7-8,11,14-15H,2-6,9-10,12-13H2,1H3,(H,18,19). The molecule has 0 aromatic carbocycles. The predicted molar refractivity (Wildman–Crippen MR) is 85.8 cm³/mol. The fourth-order valence-corrected chi connectivity index (χ4v) is 3.38. The van der Waals surface area contributed by atoms with Crippen molar-refractivity contribution in [3.05, 3.63) is 18.3 Å². The highest BCUT2D eigenvalue weighted by Gasteiger charge is 2.20. The summed E-state index contributed by atoms with van der Waals surface area (Å²) in [6.45, 7) is 3.15. The van der Waals surface area contributed by atoms with E-state index in [1.165, 1.54) is 45.1 Å². The third kappa shape index (κ3) is 4.34. The van der Waals surface area contributed by atoms with Crippen molar-refractivity contribution in [1.29, 1.82) is 0 Å². The molecular formula is C17H27N3O. The van der Waals surface area contributed by atoms with E-state index in [2.05, 4.69) is 22.2 Å². The lowest BCUT2D eigenvalue weighted by Crippen LogP contribution is -2.22. The molecule has 1 unspecified atom stereocenters. The summed E-state index contributed by atoms with van der Waals surface area (Å²) in [6.07, 6.45) is 9.71. The Morgan fingerprint density at radius 3 is 2.76 bits per heavy atom. The van der Waals surface area contributed by atoms with Crippen LogP contribution >= 0.6 is 0 Å². The van der Waals surface area contributed by atoms with Gasteiger partial charge in [-0.15, -0.1) is 0 Å². The van der Waals surface area contributed by atoms with Crippen molar-refractivity contribution in [1.82, 2.24) is 9.88 Å². The highest BCUT2D eigenvalue weighted by molar-refractivity contribution is 5.38. The van der Waals surface area contributed by atoms with Crippen LogP contribution in [0.5, 0.6) is 5.75 Å². The summed E-state index contributed by atoms with van der Waals surface area (Å²) in [5, 5.41) is 3.54. The molecule has 1 saturated carbocycles. The lowest BCUT2D eigenvalue weighted by molar-refractivity contribution is 0.248. The van der Waals surface area contributed by atoms with Crippen molar-refractivity contribution in [3.63, 3.8) is 0 Å². The number of likely N-dealkylation sites (tertiary alicyclic amines) is 1. The average Bonchev–Trinajstić information content (AvgIpc) is 2.93. The Morgan fingerprint density at radius 2 is 2.10 bits per heavy atom. The van der Waals surface area contributed by atoms with Gasteiger partial charge in [0.25, 0.3) is 0 Å². The molecule has 2 aliphatic rings. The summed E-state index contributed by atoms with van der Waals surface area (Å²) in [6, 6.07) is 4.69. The van der Waals surface area contributed by atoms with Gasteiger partial charge in [0.1, 0.15) is 11.6 Å². The van der Waals surface area contributed by atoms with E-state index in [-0.39, 0.29) is 0 Å². The molecule has 0 spiro atoms. The minimum atomic E-state index is 0.604. The normalized spacial score (nSPS) is 24.1. The van der Waals surface area contributed by atoms with Gasteiger partial charge in [-0.3, -0.25) is 0 Å². The topological polar surface area (TPSA) is 37.4 Å². The van der Waals surface area contributed by atoms with Crippen molar-refractivity contribution in [2.45, 2.75) is 44.6 Å². The van der Waals surface area contributed by atoms with E-state index in [9.17, 15) is 0 Å². The van der Waals surface area contributed by atoms with E-state index < -0.39 is 0 Å². The first-order chi connectivity index (χ1) is 10.3. The van der Waals surface area contributed by atoms with Crippen LogP contribution in [0.1, 0.15) is 38.5 Å². The number of nitrogens with zero attached hydrogens (tertiary/aromatic N) is 2. The van der Waals surface area contributed by atoms with Gasteiger partial charge >= 0.3 is 0 Å². The van der Waals surface area contributed by atoms with Crippen molar-refractivity contribution in [3.8, 4) is 5.75 Å². The Labute approximate surface area is 127 Å². The summed E-state index contributed by atoms with van der Waals surface area (Å²) in [5.41, 5.74) is 0. The van der Waals surface area contributed by atoms with Crippen molar-refractivity contribution in [2.24, 2.45) is 5.92 Å². The molecule has 0 radical (unpaired) electrons. The Morgan fingerprint density at radius 1 is 1.24 bits per heavy atom. The second-order valence-electron chi connectivity index (χ2n) is 6.59. The monoisotopic (exact) mass is 289 g/mol. The van der Waals surface area contributed by atoms with Crippen molar-refractivity contribution < 1.29 is 4.74 Å². The maximum absolute atomic E-state index is 5.87. The van der Waals surface area contributed by atoms with Gasteiger partial charge < -0.3 is 15.0 Å². The lowest BCUT2D eigenvalue weighted by Gasteiger charge is -2.23. The molecule has 1 aliphatic heterocycles. The van der Waals surface area contributed by atoms with E-state index in [4.69, 9.17) is 4.74 Å². The first kappa shape index (κ1) is 14.6. The fraction of sp³-hybridized carbons (Fsp3) is 0.706. The van der Waals surface area contributed by atoms with Crippen LogP contribution in [0.3, 0.4) is 0 Å². The molecule has 2 fully saturated rings. The number of pyridine rings is 1. The van der Waals surface area contributed by atoms with Crippen LogP contribution in [0.15, 0.2) is 18.3 Å². The minimum Gasteiger partial charge on any atom is -0.492 e. The van der Waals surface area contributed by atoms with Crippen LogP contribution in [0, 0.1) is 5.92 Å². The second kappa shape index (κ2) is 7.12. The van der Waals surface area contributed by atoms with E-state index in [0.717, 1.165) is 24.7 Å². The number of ether oxygens (including phenoxy) is 1. The summed E-state index contributed by atoms with van der Waals surface area (Å²) in [5.74, 6) is 2.53. The summed E-state index contributed by atoms with van der Waals surface area (Å²) < 4.78 is 5.87. The maximum Gasteiger partial charge on any atom is 0.137 e. The molecule has 1 saturated heterocycles. The summed E-state index contributed by atoms with van der Waals surface area (Å²) in [7, 11) is 2.17. The molecule has 0 amide bonds. The number of rotatable bonds is 5. The number of hydrogen-bond donors (Lipinski definition) is 1. The summed E-state index contributed by atoms with van der Waals surface area (Å²) in [4.78, 5) is 6.85. The molecule has 4 nitrogen and oxygen atoms in total. The van der Waals surface area contributed by atoms with Gasteiger partial charge in [0, 0.05) is 18.5 Å². The van der Waals surface area contributed by atoms with Crippen LogP contribution in [-0.2, 0) is 0 Å². The third-order valence-corrected chi connectivity index (χ3v) is 4.67. The molecule has 116 valence electrons. The molecule has 1 aromatic heterocycles. The van der Waals surface area contributed by atoms with Gasteiger partial charge in [-0.05, 0) is 45.0 Å². The van der Waals surface area contributed by atoms with E-state index >= 15 is 0 Å². The second-order valence-corrected chi connectivity index (χ2v) is 6.59. The number of anilines is 1. The molecule has 3 rings (SSSR count).